The summed E-state index contributed by atoms with van der Waals surface area (Å²) in [6.07, 6.45) is 1.50. The van der Waals surface area contributed by atoms with Crippen LogP contribution in [0.5, 0.6) is 5.75 Å². The number of esters is 1. The molecule has 1 unspecified atom stereocenters. The van der Waals surface area contributed by atoms with Gasteiger partial charge in [-0.2, -0.15) is 0 Å². The van der Waals surface area contributed by atoms with Crippen LogP contribution in [0, 0.1) is 12.7 Å². The Kier molecular flexibility index (Phi) is 4.79. The van der Waals surface area contributed by atoms with E-state index in [9.17, 15) is 9.18 Å². The first-order chi connectivity index (χ1) is 16.5. The van der Waals surface area contributed by atoms with E-state index in [0.29, 0.717) is 6.61 Å². The number of benzene rings is 3. The highest BCUT2D eigenvalue weighted by molar-refractivity contribution is 5.79. The largest absolute Gasteiger partial charge is 0.489 e. The van der Waals surface area contributed by atoms with Gasteiger partial charge in [-0.05, 0) is 61.2 Å². The molecule has 2 aliphatic rings. The van der Waals surface area contributed by atoms with Crippen molar-refractivity contribution in [3.05, 3.63) is 82.9 Å². The number of nitrogens with one attached hydrogen (secondary N) is 1. The van der Waals surface area contributed by atoms with Gasteiger partial charge in [-0.15, -0.1) is 0 Å². The first-order valence-corrected chi connectivity index (χ1v) is 11.4. The maximum atomic E-state index is 14.0. The van der Waals surface area contributed by atoms with Crippen LogP contribution >= 0.6 is 0 Å². The van der Waals surface area contributed by atoms with E-state index < -0.39 is 0 Å². The van der Waals surface area contributed by atoms with Crippen LogP contribution in [0.25, 0.3) is 16.7 Å². The number of hydrogen-bond acceptors (Lipinski definition) is 5. The van der Waals surface area contributed by atoms with E-state index in [4.69, 9.17) is 9.47 Å². The summed E-state index contributed by atoms with van der Waals surface area (Å²) in [5.41, 5.74) is 6.94. The average molecular weight is 458 g/mol. The number of halogens is 1. The van der Waals surface area contributed by atoms with Crippen molar-refractivity contribution < 1.29 is 18.7 Å². The highest BCUT2D eigenvalue weighted by Gasteiger charge is 2.29. The van der Waals surface area contributed by atoms with Crippen molar-refractivity contribution in [1.82, 2.24) is 9.55 Å². The quantitative estimate of drug-likeness (QED) is 0.406. The number of nitrogens with zero attached hydrogens (tertiary/aromatic N) is 2. The van der Waals surface area contributed by atoms with E-state index in [1.807, 2.05) is 31.2 Å². The second-order valence-electron chi connectivity index (χ2n) is 8.87. The molecule has 1 N–H and O–H groups in total. The first-order valence-electron chi connectivity index (χ1n) is 11.4. The number of carbonyl (C=O) groups is 1. The van der Waals surface area contributed by atoms with E-state index in [2.05, 4.69) is 27.0 Å². The molecule has 34 heavy (non-hydrogen) atoms. The van der Waals surface area contributed by atoms with Crippen LogP contribution in [0.15, 0.2) is 54.6 Å². The van der Waals surface area contributed by atoms with Gasteiger partial charge in [0.05, 0.1) is 22.8 Å². The zero-order valence-electron chi connectivity index (χ0n) is 19.0. The van der Waals surface area contributed by atoms with Crippen molar-refractivity contribution in [2.75, 3.05) is 11.9 Å². The summed E-state index contributed by atoms with van der Waals surface area (Å²) in [5.74, 6) is 0.996. The maximum absolute atomic E-state index is 14.0. The van der Waals surface area contributed by atoms with Gasteiger partial charge in [0, 0.05) is 30.3 Å². The molecule has 2 heterocycles. The Morgan fingerprint density at radius 2 is 2.06 bits per heavy atom. The number of ether oxygens (including phenoxy) is 2. The average Bonchev–Trinajstić information content (AvgIpc) is 3.48. The SMILES string of the molecule is CC(=O)O[C@@H]1COc2cc(NC3CCc4c3cccc4-n3c(C)nc4ccc(F)cc43)ccc21. The summed E-state index contributed by atoms with van der Waals surface area (Å²) < 4.78 is 27.2. The Hall–Kier alpha value is -3.87. The fraction of sp³-hybridized carbons (Fsp3) is 0.259. The third-order valence-corrected chi connectivity index (χ3v) is 6.67. The molecule has 0 bridgehead atoms. The molecule has 6 nitrogen and oxygen atoms in total. The minimum Gasteiger partial charge on any atom is -0.489 e. The fourth-order valence-corrected chi connectivity index (χ4v) is 5.24. The summed E-state index contributed by atoms with van der Waals surface area (Å²) in [5, 5.41) is 3.64. The molecular formula is C27H24FN3O3. The third-order valence-electron chi connectivity index (χ3n) is 6.67. The summed E-state index contributed by atoms with van der Waals surface area (Å²) in [7, 11) is 0. The van der Waals surface area contributed by atoms with Crippen LogP contribution in [-0.2, 0) is 16.0 Å². The van der Waals surface area contributed by atoms with Gasteiger partial charge in [0.2, 0.25) is 0 Å². The van der Waals surface area contributed by atoms with Gasteiger partial charge < -0.3 is 14.8 Å². The molecule has 172 valence electrons. The third kappa shape index (κ3) is 3.39. The predicted molar refractivity (Wildman–Crippen MR) is 127 cm³/mol. The predicted octanol–water partition coefficient (Wildman–Crippen LogP) is 5.57. The Morgan fingerprint density at radius 1 is 1.18 bits per heavy atom. The fourth-order valence-electron chi connectivity index (χ4n) is 5.24. The number of aryl methyl sites for hydroxylation is 1. The molecule has 0 amide bonds. The Labute approximate surface area is 196 Å². The second-order valence-corrected chi connectivity index (χ2v) is 8.87. The van der Waals surface area contributed by atoms with Gasteiger partial charge >= 0.3 is 5.97 Å². The molecule has 1 aliphatic heterocycles. The molecule has 4 aromatic rings. The molecular weight excluding hydrogens is 433 g/mol. The van der Waals surface area contributed by atoms with E-state index in [1.165, 1.54) is 24.1 Å². The Morgan fingerprint density at radius 3 is 2.91 bits per heavy atom. The standard InChI is InChI=1S/C27H24FN3O3/c1-15-29-23-10-6-17(28)12-25(23)31(15)24-5-3-4-19-20(24)9-11-22(19)30-18-7-8-21-26(13-18)33-14-27(21)34-16(2)32/h3-8,10,12-13,22,27,30H,9,11,14H2,1-2H3/t22?,27-/m1/s1. The molecule has 0 saturated heterocycles. The maximum Gasteiger partial charge on any atom is 0.303 e. The molecule has 0 fully saturated rings. The van der Waals surface area contributed by atoms with Crippen molar-refractivity contribution in [2.24, 2.45) is 0 Å². The van der Waals surface area contributed by atoms with E-state index in [0.717, 1.165) is 52.4 Å². The van der Waals surface area contributed by atoms with Crippen molar-refractivity contribution >= 4 is 22.7 Å². The lowest BCUT2D eigenvalue weighted by molar-refractivity contribution is -0.147. The van der Waals surface area contributed by atoms with Gasteiger partial charge in [0.25, 0.3) is 0 Å². The minimum absolute atomic E-state index is 0.144. The van der Waals surface area contributed by atoms with Crippen molar-refractivity contribution in [3.8, 4) is 11.4 Å². The normalized spacial score (nSPS) is 18.4. The Bertz CT molecular complexity index is 1440. The molecule has 2 atom stereocenters. The second kappa shape index (κ2) is 7.87. The molecule has 7 heteroatoms. The van der Waals surface area contributed by atoms with E-state index >= 15 is 0 Å². The van der Waals surface area contributed by atoms with Crippen molar-refractivity contribution in [1.29, 1.82) is 0 Å². The van der Waals surface area contributed by atoms with Crippen LogP contribution in [-0.4, -0.2) is 22.1 Å². The number of anilines is 1. The van der Waals surface area contributed by atoms with Gasteiger partial charge in [-0.25, -0.2) is 9.37 Å². The van der Waals surface area contributed by atoms with Crippen molar-refractivity contribution in [2.45, 2.75) is 38.8 Å². The van der Waals surface area contributed by atoms with Crippen LogP contribution in [0.3, 0.4) is 0 Å². The summed E-state index contributed by atoms with van der Waals surface area (Å²) >= 11 is 0. The monoisotopic (exact) mass is 457 g/mol. The summed E-state index contributed by atoms with van der Waals surface area (Å²) in [4.78, 5) is 16.0. The van der Waals surface area contributed by atoms with Crippen LogP contribution in [0.1, 0.15) is 48.0 Å². The van der Waals surface area contributed by atoms with Crippen LogP contribution < -0.4 is 10.1 Å². The molecule has 3 aromatic carbocycles. The van der Waals surface area contributed by atoms with Gasteiger partial charge in [-0.1, -0.05) is 12.1 Å². The molecule has 6 rings (SSSR count). The topological polar surface area (TPSA) is 65.4 Å². The van der Waals surface area contributed by atoms with E-state index in [-0.39, 0.29) is 23.9 Å². The number of hydrogen-bond donors (Lipinski definition) is 1. The van der Waals surface area contributed by atoms with Gasteiger partial charge in [0.1, 0.15) is 24.0 Å². The number of aromatic nitrogens is 2. The number of fused-ring (bicyclic) bond motifs is 3. The zero-order valence-corrected chi connectivity index (χ0v) is 19.0. The number of rotatable bonds is 4. The number of imidazole rings is 1. The zero-order chi connectivity index (χ0) is 23.4. The highest BCUT2D eigenvalue weighted by Crippen LogP contribution is 2.41. The smallest absolute Gasteiger partial charge is 0.303 e. The molecule has 0 radical (unpaired) electrons. The Balaban J connectivity index is 1.31. The minimum atomic E-state index is -0.352. The highest BCUT2D eigenvalue weighted by atomic mass is 19.1. The lowest BCUT2D eigenvalue weighted by Crippen LogP contribution is -2.09. The lowest BCUT2D eigenvalue weighted by atomic mass is 10.0. The summed E-state index contributed by atoms with van der Waals surface area (Å²) in [6.45, 7) is 3.70. The van der Waals surface area contributed by atoms with E-state index in [1.54, 1.807) is 12.1 Å². The molecule has 0 saturated carbocycles. The first kappa shape index (κ1) is 20.7. The van der Waals surface area contributed by atoms with Gasteiger partial charge in [0.15, 0.2) is 6.10 Å². The number of carbonyl (C=O) groups excluding carboxylic acids is 1. The molecule has 0 spiro atoms. The molecule has 1 aliphatic carbocycles. The van der Waals surface area contributed by atoms with Crippen LogP contribution in [0.2, 0.25) is 0 Å². The lowest BCUT2D eigenvalue weighted by Gasteiger charge is -2.18. The van der Waals surface area contributed by atoms with Gasteiger partial charge in [-0.3, -0.25) is 9.36 Å². The summed E-state index contributed by atoms with van der Waals surface area (Å²) in [6, 6.07) is 17.1. The van der Waals surface area contributed by atoms with Crippen molar-refractivity contribution in [3.63, 3.8) is 0 Å². The molecule has 1 aromatic heterocycles. The van der Waals surface area contributed by atoms with Crippen LogP contribution in [0.4, 0.5) is 10.1 Å².